The van der Waals surface area contributed by atoms with Crippen molar-refractivity contribution in [1.29, 1.82) is 0 Å². The zero-order valence-corrected chi connectivity index (χ0v) is 14.3. The molecule has 2 aromatic rings. The number of piperazine rings is 1. The zero-order valence-electron chi connectivity index (χ0n) is 14.3. The SMILES string of the molecule is COc1cccc(C(c2cc(C)cc(C)c2)N2CCNCC2)c1. The van der Waals surface area contributed by atoms with E-state index in [1.807, 2.05) is 6.07 Å². The van der Waals surface area contributed by atoms with Gasteiger partial charge in [0.2, 0.25) is 0 Å². The van der Waals surface area contributed by atoms with E-state index in [2.05, 4.69) is 60.5 Å². The molecule has 1 aliphatic heterocycles. The van der Waals surface area contributed by atoms with Crippen LogP contribution in [-0.4, -0.2) is 38.2 Å². The van der Waals surface area contributed by atoms with Crippen molar-refractivity contribution in [3.05, 3.63) is 64.7 Å². The Hall–Kier alpha value is -1.84. The maximum absolute atomic E-state index is 5.44. The maximum atomic E-state index is 5.44. The Bertz CT molecular complexity index is 642. The lowest BCUT2D eigenvalue weighted by atomic mass is 9.93. The number of aryl methyl sites for hydroxylation is 2. The van der Waals surface area contributed by atoms with Gasteiger partial charge in [0.15, 0.2) is 0 Å². The highest BCUT2D eigenvalue weighted by atomic mass is 16.5. The number of hydrogen-bond donors (Lipinski definition) is 1. The minimum absolute atomic E-state index is 0.283. The highest BCUT2D eigenvalue weighted by molar-refractivity contribution is 5.40. The lowest BCUT2D eigenvalue weighted by Crippen LogP contribution is -2.45. The first-order valence-corrected chi connectivity index (χ1v) is 8.34. The molecule has 1 N–H and O–H groups in total. The second-order valence-corrected chi connectivity index (χ2v) is 6.39. The number of nitrogens with one attached hydrogen (secondary N) is 1. The Morgan fingerprint density at radius 2 is 1.65 bits per heavy atom. The van der Waals surface area contributed by atoms with Gasteiger partial charge in [-0.2, -0.15) is 0 Å². The van der Waals surface area contributed by atoms with Crippen LogP contribution in [0.15, 0.2) is 42.5 Å². The Morgan fingerprint density at radius 1 is 0.957 bits per heavy atom. The van der Waals surface area contributed by atoms with Gasteiger partial charge in [-0.05, 0) is 37.1 Å². The van der Waals surface area contributed by atoms with Crippen LogP contribution in [0.1, 0.15) is 28.3 Å². The summed E-state index contributed by atoms with van der Waals surface area (Å²) in [5.41, 5.74) is 5.32. The maximum Gasteiger partial charge on any atom is 0.119 e. The number of benzene rings is 2. The molecule has 0 aromatic heterocycles. The van der Waals surface area contributed by atoms with Gasteiger partial charge in [0, 0.05) is 26.2 Å². The van der Waals surface area contributed by atoms with Crippen LogP contribution in [0.25, 0.3) is 0 Å². The standard InChI is InChI=1S/C20H26N2O/c1-15-11-16(2)13-18(12-15)20(22-9-7-21-8-10-22)17-5-4-6-19(14-17)23-3/h4-6,11-14,20-21H,7-10H2,1-3H3. The number of methoxy groups -OCH3 is 1. The quantitative estimate of drug-likeness (QED) is 0.938. The average molecular weight is 310 g/mol. The molecule has 0 radical (unpaired) electrons. The molecule has 0 aliphatic carbocycles. The summed E-state index contributed by atoms with van der Waals surface area (Å²) in [5.74, 6) is 0.923. The van der Waals surface area contributed by atoms with E-state index in [1.165, 1.54) is 22.3 Å². The minimum atomic E-state index is 0.283. The van der Waals surface area contributed by atoms with Crippen molar-refractivity contribution >= 4 is 0 Å². The Morgan fingerprint density at radius 3 is 2.30 bits per heavy atom. The third-order valence-electron chi connectivity index (χ3n) is 4.49. The van der Waals surface area contributed by atoms with E-state index in [-0.39, 0.29) is 6.04 Å². The van der Waals surface area contributed by atoms with E-state index in [9.17, 15) is 0 Å². The topological polar surface area (TPSA) is 24.5 Å². The van der Waals surface area contributed by atoms with Gasteiger partial charge in [0.1, 0.15) is 5.75 Å². The zero-order chi connectivity index (χ0) is 16.2. The van der Waals surface area contributed by atoms with Crippen LogP contribution in [-0.2, 0) is 0 Å². The Kier molecular flexibility index (Phi) is 4.99. The van der Waals surface area contributed by atoms with Crippen LogP contribution in [0.4, 0.5) is 0 Å². The Balaban J connectivity index is 2.05. The summed E-state index contributed by atoms with van der Waals surface area (Å²) >= 11 is 0. The van der Waals surface area contributed by atoms with Crippen molar-refractivity contribution < 1.29 is 4.74 Å². The number of hydrogen-bond acceptors (Lipinski definition) is 3. The third kappa shape index (κ3) is 3.74. The molecule has 0 bridgehead atoms. The van der Waals surface area contributed by atoms with Gasteiger partial charge in [-0.3, -0.25) is 4.90 Å². The monoisotopic (exact) mass is 310 g/mol. The highest BCUT2D eigenvalue weighted by Crippen LogP contribution is 2.32. The van der Waals surface area contributed by atoms with Crippen LogP contribution in [0, 0.1) is 13.8 Å². The first-order valence-electron chi connectivity index (χ1n) is 8.34. The molecule has 0 spiro atoms. The van der Waals surface area contributed by atoms with Gasteiger partial charge >= 0.3 is 0 Å². The van der Waals surface area contributed by atoms with Gasteiger partial charge < -0.3 is 10.1 Å². The molecule has 23 heavy (non-hydrogen) atoms. The fourth-order valence-electron chi connectivity index (χ4n) is 3.53. The van der Waals surface area contributed by atoms with Crippen molar-refractivity contribution in [2.75, 3.05) is 33.3 Å². The van der Waals surface area contributed by atoms with E-state index < -0.39 is 0 Å². The molecule has 3 heteroatoms. The summed E-state index contributed by atoms with van der Waals surface area (Å²) in [5, 5.41) is 3.45. The fourth-order valence-corrected chi connectivity index (χ4v) is 3.53. The second-order valence-electron chi connectivity index (χ2n) is 6.39. The van der Waals surface area contributed by atoms with Crippen molar-refractivity contribution in [3.63, 3.8) is 0 Å². The van der Waals surface area contributed by atoms with Crippen LogP contribution in [0.3, 0.4) is 0 Å². The second kappa shape index (κ2) is 7.16. The molecule has 122 valence electrons. The van der Waals surface area contributed by atoms with E-state index in [4.69, 9.17) is 4.74 Å². The van der Waals surface area contributed by atoms with Gasteiger partial charge in [0.25, 0.3) is 0 Å². The van der Waals surface area contributed by atoms with Crippen LogP contribution < -0.4 is 10.1 Å². The molecule has 1 heterocycles. The smallest absolute Gasteiger partial charge is 0.119 e. The lowest BCUT2D eigenvalue weighted by molar-refractivity contribution is 0.198. The molecular formula is C20H26N2O. The molecule has 1 fully saturated rings. The first-order chi connectivity index (χ1) is 11.2. The molecular weight excluding hydrogens is 284 g/mol. The number of ether oxygens (including phenoxy) is 1. The minimum Gasteiger partial charge on any atom is -0.497 e. The average Bonchev–Trinajstić information content (AvgIpc) is 2.55. The molecule has 0 saturated carbocycles. The molecule has 2 aromatic carbocycles. The summed E-state index contributed by atoms with van der Waals surface area (Å²) < 4.78 is 5.44. The van der Waals surface area contributed by atoms with Crippen molar-refractivity contribution in [1.82, 2.24) is 10.2 Å². The van der Waals surface area contributed by atoms with Crippen LogP contribution in [0.2, 0.25) is 0 Å². The highest BCUT2D eigenvalue weighted by Gasteiger charge is 2.24. The van der Waals surface area contributed by atoms with E-state index in [1.54, 1.807) is 7.11 Å². The molecule has 1 atom stereocenters. The van der Waals surface area contributed by atoms with Crippen molar-refractivity contribution in [3.8, 4) is 5.75 Å². The van der Waals surface area contributed by atoms with Crippen LogP contribution in [0.5, 0.6) is 5.75 Å². The van der Waals surface area contributed by atoms with Crippen molar-refractivity contribution in [2.24, 2.45) is 0 Å². The number of nitrogens with zero attached hydrogens (tertiary/aromatic N) is 1. The normalized spacial score (nSPS) is 17.0. The first kappa shape index (κ1) is 16.0. The van der Waals surface area contributed by atoms with E-state index >= 15 is 0 Å². The largest absolute Gasteiger partial charge is 0.497 e. The molecule has 1 saturated heterocycles. The summed E-state index contributed by atoms with van der Waals surface area (Å²) in [7, 11) is 1.73. The predicted molar refractivity (Wildman–Crippen MR) is 95.2 cm³/mol. The molecule has 0 amide bonds. The van der Waals surface area contributed by atoms with E-state index in [0.29, 0.717) is 0 Å². The molecule has 1 aliphatic rings. The van der Waals surface area contributed by atoms with Gasteiger partial charge in [-0.1, -0.05) is 41.5 Å². The predicted octanol–water partition coefficient (Wildman–Crippen LogP) is 3.31. The third-order valence-corrected chi connectivity index (χ3v) is 4.49. The van der Waals surface area contributed by atoms with Gasteiger partial charge in [-0.15, -0.1) is 0 Å². The fraction of sp³-hybridized carbons (Fsp3) is 0.400. The van der Waals surface area contributed by atoms with Crippen molar-refractivity contribution in [2.45, 2.75) is 19.9 Å². The summed E-state index contributed by atoms with van der Waals surface area (Å²) in [6.45, 7) is 8.58. The number of rotatable bonds is 4. The van der Waals surface area contributed by atoms with Crippen LogP contribution >= 0.6 is 0 Å². The molecule has 3 nitrogen and oxygen atoms in total. The Labute approximate surface area is 139 Å². The van der Waals surface area contributed by atoms with Gasteiger partial charge in [-0.25, -0.2) is 0 Å². The summed E-state index contributed by atoms with van der Waals surface area (Å²) in [4.78, 5) is 2.57. The molecule has 1 unspecified atom stereocenters. The summed E-state index contributed by atoms with van der Waals surface area (Å²) in [6.07, 6.45) is 0. The van der Waals surface area contributed by atoms with E-state index in [0.717, 1.165) is 31.9 Å². The molecule has 3 rings (SSSR count). The van der Waals surface area contributed by atoms with Gasteiger partial charge in [0.05, 0.1) is 13.2 Å². The summed E-state index contributed by atoms with van der Waals surface area (Å²) in [6, 6.07) is 15.6. The lowest BCUT2D eigenvalue weighted by Gasteiger charge is -2.36.